The first kappa shape index (κ1) is 20.3. The lowest BCUT2D eigenvalue weighted by Crippen LogP contribution is -2.51. The van der Waals surface area contributed by atoms with Gasteiger partial charge in [-0.2, -0.15) is 0 Å². The molecule has 0 atom stereocenters. The fraction of sp³-hybridized carbons (Fsp3) is 0.571. The summed E-state index contributed by atoms with van der Waals surface area (Å²) in [6.07, 6.45) is 8.64. The molecule has 2 N–H and O–H groups in total. The van der Waals surface area contributed by atoms with Gasteiger partial charge in [0, 0.05) is 24.4 Å². The zero-order chi connectivity index (χ0) is 21.1. The lowest BCUT2D eigenvalue weighted by atomic mass is 9.49. The van der Waals surface area contributed by atoms with Crippen LogP contribution in [0.25, 0.3) is 0 Å². The molecular formula is C21H26N4O5. The number of nitro benzene ring substituents is 1. The Balaban J connectivity index is 1.17. The van der Waals surface area contributed by atoms with Crippen molar-refractivity contribution in [3.05, 3.63) is 34.4 Å². The molecule has 9 nitrogen and oxygen atoms in total. The van der Waals surface area contributed by atoms with Crippen molar-refractivity contribution in [2.75, 3.05) is 18.5 Å². The van der Waals surface area contributed by atoms with Crippen molar-refractivity contribution in [2.45, 2.75) is 38.5 Å². The highest BCUT2D eigenvalue weighted by atomic mass is 16.6. The van der Waals surface area contributed by atoms with Crippen LogP contribution >= 0.6 is 0 Å². The van der Waals surface area contributed by atoms with E-state index >= 15 is 0 Å². The second-order valence-electron chi connectivity index (χ2n) is 9.00. The van der Waals surface area contributed by atoms with Crippen LogP contribution in [0.4, 0.5) is 11.4 Å². The van der Waals surface area contributed by atoms with E-state index in [4.69, 9.17) is 4.84 Å². The minimum Gasteiger partial charge on any atom is -0.386 e. The third kappa shape index (κ3) is 4.77. The molecule has 0 aliphatic heterocycles. The normalized spacial score (nSPS) is 29.0. The SMILES string of the molecule is O=C(/C=N\OCC(=O)NCC12CC3CC(CC(C3)C1)C2)Nc1cccc([N+](=O)[O-])c1. The number of hydrogen-bond acceptors (Lipinski definition) is 6. The standard InChI is InChI=1S/C21H26N4O5/c26-19(24-17-2-1-3-18(7-17)25(28)29)11-23-30-12-20(27)22-13-21-8-14-4-15(9-21)6-16(5-14)10-21/h1-3,7,11,14-16H,4-6,8-10,12-13H2,(H,22,27)(H,24,26)/b23-11-. The van der Waals surface area contributed by atoms with Crippen molar-refractivity contribution in [1.29, 1.82) is 0 Å². The first-order valence-electron chi connectivity index (χ1n) is 10.4. The monoisotopic (exact) mass is 414 g/mol. The molecule has 0 heterocycles. The average Bonchev–Trinajstić information content (AvgIpc) is 2.69. The van der Waals surface area contributed by atoms with E-state index in [2.05, 4.69) is 15.8 Å². The molecule has 2 amide bonds. The third-order valence-electron chi connectivity index (χ3n) is 6.59. The van der Waals surface area contributed by atoms with Gasteiger partial charge in [-0.25, -0.2) is 0 Å². The molecule has 4 fully saturated rings. The highest BCUT2D eigenvalue weighted by Gasteiger charge is 2.50. The minimum absolute atomic E-state index is 0.128. The summed E-state index contributed by atoms with van der Waals surface area (Å²) in [5.41, 5.74) is 0.400. The van der Waals surface area contributed by atoms with Gasteiger partial charge in [0.2, 0.25) is 0 Å². The number of benzene rings is 1. The van der Waals surface area contributed by atoms with Crippen LogP contribution < -0.4 is 10.6 Å². The number of hydrogen-bond donors (Lipinski definition) is 2. The fourth-order valence-corrected chi connectivity index (χ4v) is 5.90. The van der Waals surface area contributed by atoms with Gasteiger partial charge in [-0.05, 0) is 67.8 Å². The topological polar surface area (TPSA) is 123 Å². The molecule has 4 aliphatic rings. The molecule has 0 unspecified atom stereocenters. The van der Waals surface area contributed by atoms with E-state index in [9.17, 15) is 19.7 Å². The Kier molecular flexibility index (Phi) is 5.69. The number of nitro groups is 1. The molecule has 0 aromatic heterocycles. The largest absolute Gasteiger partial charge is 0.386 e. The predicted molar refractivity (Wildman–Crippen MR) is 110 cm³/mol. The predicted octanol–water partition coefficient (Wildman–Crippen LogP) is 2.87. The fourth-order valence-electron chi connectivity index (χ4n) is 5.90. The van der Waals surface area contributed by atoms with Gasteiger partial charge in [-0.1, -0.05) is 11.2 Å². The van der Waals surface area contributed by atoms with Crippen LogP contribution in [0.2, 0.25) is 0 Å². The van der Waals surface area contributed by atoms with Crippen molar-refractivity contribution < 1.29 is 19.3 Å². The summed E-state index contributed by atoms with van der Waals surface area (Å²) < 4.78 is 0. The summed E-state index contributed by atoms with van der Waals surface area (Å²) in [4.78, 5) is 39.0. The number of rotatable bonds is 8. The zero-order valence-electron chi connectivity index (χ0n) is 16.7. The number of oxime groups is 1. The molecule has 5 rings (SSSR count). The Bertz CT molecular complexity index is 833. The van der Waals surface area contributed by atoms with E-state index in [-0.39, 0.29) is 29.3 Å². The quantitative estimate of drug-likeness (QED) is 0.385. The number of nitrogens with zero attached hydrogens (tertiary/aromatic N) is 2. The molecule has 0 saturated heterocycles. The van der Waals surface area contributed by atoms with Gasteiger partial charge in [-0.15, -0.1) is 0 Å². The number of anilines is 1. The maximum Gasteiger partial charge on any atom is 0.271 e. The van der Waals surface area contributed by atoms with Crippen LogP contribution in [0.1, 0.15) is 38.5 Å². The van der Waals surface area contributed by atoms with Crippen molar-refractivity contribution in [3.8, 4) is 0 Å². The molecule has 30 heavy (non-hydrogen) atoms. The summed E-state index contributed by atoms with van der Waals surface area (Å²) >= 11 is 0. The van der Waals surface area contributed by atoms with Gasteiger partial charge in [0.05, 0.1) is 4.92 Å². The van der Waals surface area contributed by atoms with Gasteiger partial charge >= 0.3 is 0 Å². The maximum absolute atomic E-state index is 12.1. The highest BCUT2D eigenvalue weighted by molar-refractivity contribution is 6.31. The van der Waals surface area contributed by atoms with Crippen LogP contribution in [-0.2, 0) is 14.4 Å². The molecule has 4 aliphatic carbocycles. The van der Waals surface area contributed by atoms with Crippen LogP contribution in [-0.4, -0.2) is 36.1 Å². The molecule has 4 bridgehead atoms. The van der Waals surface area contributed by atoms with Gasteiger partial charge in [0.25, 0.3) is 17.5 Å². The molecule has 1 aromatic carbocycles. The molecule has 160 valence electrons. The van der Waals surface area contributed by atoms with E-state index in [0.717, 1.165) is 24.0 Å². The number of amides is 2. The van der Waals surface area contributed by atoms with Crippen molar-refractivity contribution in [3.63, 3.8) is 0 Å². The number of non-ortho nitro benzene ring substituents is 1. The Hall–Kier alpha value is -2.97. The summed E-state index contributed by atoms with van der Waals surface area (Å²) in [5.74, 6) is 1.64. The summed E-state index contributed by atoms with van der Waals surface area (Å²) in [6, 6.07) is 5.56. The first-order valence-corrected chi connectivity index (χ1v) is 10.4. The van der Waals surface area contributed by atoms with Crippen molar-refractivity contribution >= 4 is 29.4 Å². The number of carbonyl (C=O) groups excluding carboxylic acids is 2. The highest BCUT2D eigenvalue weighted by Crippen LogP contribution is 2.59. The average molecular weight is 414 g/mol. The van der Waals surface area contributed by atoms with E-state index < -0.39 is 10.8 Å². The number of carbonyl (C=O) groups is 2. The lowest BCUT2D eigenvalue weighted by molar-refractivity contribution is -0.384. The molecular weight excluding hydrogens is 388 g/mol. The van der Waals surface area contributed by atoms with Crippen LogP contribution in [0.15, 0.2) is 29.4 Å². The van der Waals surface area contributed by atoms with Crippen LogP contribution in [0.3, 0.4) is 0 Å². The van der Waals surface area contributed by atoms with E-state index in [1.807, 2.05) is 0 Å². The Morgan fingerprint density at radius 2 is 1.87 bits per heavy atom. The molecule has 1 aromatic rings. The molecule has 0 radical (unpaired) electrons. The summed E-state index contributed by atoms with van der Waals surface area (Å²) in [6.45, 7) is 0.433. The third-order valence-corrected chi connectivity index (χ3v) is 6.59. The van der Waals surface area contributed by atoms with Crippen molar-refractivity contribution in [1.82, 2.24) is 5.32 Å². The van der Waals surface area contributed by atoms with E-state index in [0.29, 0.717) is 6.54 Å². The second-order valence-corrected chi connectivity index (χ2v) is 9.00. The maximum atomic E-state index is 12.1. The van der Waals surface area contributed by atoms with Gasteiger partial charge < -0.3 is 15.5 Å². The minimum atomic E-state index is -0.607. The summed E-state index contributed by atoms with van der Waals surface area (Å²) in [5, 5.41) is 19.7. The van der Waals surface area contributed by atoms with E-state index in [1.54, 1.807) is 0 Å². The zero-order valence-corrected chi connectivity index (χ0v) is 16.7. The van der Waals surface area contributed by atoms with Crippen molar-refractivity contribution in [2.24, 2.45) is 28.3 Å². The van der Waals surface area contributed by atoms with Gasteiger partial charge in [-0.3, -0.25) is 19.7 Å². The lowest BCUT2D eigenvalue weighted by Gasteiger charge is -2.56. The van der Waals surface area contributed by atoms with Gasteiger partial charge in [0.1, 0.15) is 6.21 Å². The molecule has 0 spiro atoms. The Morgan fingerprint density at radius 3 is 2.50 bits per heavy atom. The summed E-state index contributed by atoms with van der Waals surface area (Å²) in [7, 11) is 0. The number of nitrogens with one attached hydrogen (secondary N) is 2. The Labute approximate surface area is 174 Å². The molecule has 4 saturated carbocycles. The van der Waals surface area contributed by atoms with Crippen LogP contribution in [0, 0.1) is 33.3 Å². The van der Waals surface area contributed by atoms with E-state index in [1.165, 1.54) is 62.8 Å². The van der Waals surface area contributed by atoms with Gasteiger partial charge in [0.15, 0.2) is 6.61 Å². The smallest absolute Gasteiger partial charge is 0.271 e. The van der Waals surface area contributed by atoms with Crippen LogP contribution in [0.5, 0.6) is 0 Å². The Morgan fingerprint density at radius 1 is 1.20 bits per heavy atom. The first-order chi connectivity index (χ1) is 14.4. The molecule has 9 heteroatoms. The second kappa shape index (κ2) is 8.41.